The summed E-state index contributed by atoms with van der Waals surface area (Å²) in [5, 5.41) is 43.7. The number of aliphatic hydroxyl groups excluding tert-OH is 4. The zero-order valence-corrected chi connectivity index (χ0v) is 36.0. The highest BCUT2D eigenvalue weighted by molar-refractivity contribution is 5.80. The third-order valence-corrected chi connectivity index (χ3v) is 11.1. The van der Waals surface area contributed by atoms with Crippen molar-refractivity contribution >= 4 is 5.91 Å². The van der Waals surface area contributed by atoms with Crippen LogP contribution in [0.25, 0.3) is 0 Å². The fraction of sp³-hybridized carbons (Fsp3) is 0.896. The van der Waals surface area contributed by atoms with Crippen LogP contribution in [0.4, 0.5) is 0 Å². The smallest absolute Gasteiger partial charge is 0.249 e. The van der Waals surface area contributed by atoms with Crippen LogP contribution in [-0.4, -0.2) is 57.3 Å². The topological polar surface area (TPSA) is 110 Å². The van der Waals surface area contributed by atoms with Crippen molar-refractivity contribution in [1.29, 1.82) is 0 Å². The summed E-state index contributed by atoms with van der Waals surface area (Å²) in [4.78, 5) is 12.5. The molecule has 0 spiro atoms. The van der Waals surface area contributed by atoms with Crippen molar-refractivity contribution in [2.24, 2.45) is 0 Å². The summed E-state index contributed by atoms with van der Waals surface area (Å²) in [7, 11) is 0. The zero-order valence-electron chi connectivity index (χ0n) is 36.0. The Labute approximate surface area is 335 Å². The highest BCUT2D eigenvalue weighted by atomic mass is 16.3. The lowest BCUT2D eigenvalue weighted by Crippen LogP contribution is -2.53. The standard InChI is InChI=1S/C48H93NO5/c1-3-5-7-9-11-13-15-17-19-21-22-23-24-26-28-30-32-34-36-38-40-42-46(52)48(54)49-44(43-50)47(53)45(51)41-39-37-35-33-31-29-27-25-20-18-16-14-12-10-8-6-4-2/h25,27,33,35,44-47,50-53H,3-24,26,28-32,34,36-43H2,1-2H3,(H,49,54)/b27-25+,35-33+. The molecule has 4 atom stereocenters. The van der Waals surface area contributed by atoms with E-state index in [0.29, 0.717) is 19.3 Å². The van der Waals surface area contributed by atoms with Crippen LogP contribution in [0.1, 0.15) is 245 Å². The van der Waals surface area contributed by atoms with E-state index in [2.05, 4.69) is 43.5 Å². The first-order valence-electron chi connectivity index (χ1n) is 23.7. The van der Waals surface area contributed by atoms with Crippen LogP contribution in [0.2, 0.25) is 0 Å². The van der Waals surface area contributed by atoms with Crippen molar-refractivity contribution in [1.82, 2.24) is 5.32 Å². The van der Waals surface area contributed by atoms with Crippen LogP contribution in [0.15, 0.2) is 24.3 Å². The molecule has 0 aromatic rings. The third-order valence-electron chi connectivity index (χ3n) is 11.1. The Bertz CT molecular complexity index is 817. The average molecular weight is 764 g/mol. The van der Waals surface area contributed by atoms with E-state index in [4.69, 9.17) is 0 Å². The zero-order chi connectivity index (χ0) is 39.6. The maximum absolute atomic E-state index is 12.5. The highest BCUT2D eigenvalue weighted by Crippen LogP contribution is 2.16. The number of unbranched alkanes of at least 4 members (excludes halogenated alkanes) is 30. The molecule has 6 nitrogen and oxygen atoms in total. The molecule has 4 unspecified atom stereocenters. The maximum atomic E-state index is 12.5. The summed E-state index contributed by atoms with van der Waals surface area (Å²) < 4.78 is 0. The van der Waals surface area contributed by atoms with Gasteiger partial charge in [0.1, 0.15) is 12.2 Å². The number of aliphatic hydroxyl groups is 4. The van der Waals surface area contributed by atoms with E-state index in [1.54, 1.807) is 0 Å². The normalized spacial score (nSPS) is 14.3. The van der Waals surface area contributed by atoms with E-state index >= 15 is 0 Å². The molecule has 0 aliphatic rings. The minimum atomic E-state index is -1.29. The first-order valence-corrected chi connectivity index (χ1v) is 23.7. The van der Waals surface area contributed by atoms with E-state index < -0.39 is 36.9 Å². The minimum Gasteiger partial charge on any atom is -0.394 e. The lowest BCUT2D eigenvalue weighted by molar-refractivity contribution is -0.132. The summed E-state index contributed by atoms with van der Waals surface area (Å²) in [5.74, 6) is -0.594. The van der Waals surface area contributed by atoms with Gasteiger partial charge in [-0.15, -0.1) is 0 Å². The van der Waals surface area contributed by atoms with E-state index in [0.717, 1.165) is 38.5 Å². The van der Waals surface area contributed by atoms with Gasteiger partial charge in [0.15, 0.2) is 0 Å². The molecule has 0 aliphatic heterocycles. The fourth-order valence-corrected chi connectivity index (χ4v) is 7.36. The lowest BCUT2D eigenvalue weighted by Gasteiger charge is -2.27. The predicted octanol–water partition coefficient (Wildman–Crippen LogP) is 12.7. The van der Waals surface area contributed by atoms with Crippen molar-refractivity contribution in [3.8, 4) is 0 Å². The quantitative estimate of drug-likeness (QED) is 0.0314. The number of hydrogen-bond donors (Lipinski definition) is 5. The highest BCUT2D eigenvalue weighted by Gasteiger charge is 2.28. The molecule has 0 bridgehead atoms. The summed E-state index contributed by atoms with van der Waals surface area (Å²) >= 11 is 0. The van der Waals surface area contributed by atoms with Crippen LogP contribution in [-0.2, 0) is 4.79 Å². The number of amides is 1. The van der Waals surface area contributed by atoms with Gasteiger partial charge in [0.25, 0.3) is 0 Å². The van der Waals surface area contributed by atoms with Gasteiger partial charge in [0.2, 0.25) is 5.91 Å². The Hall–Kier alpha value is -1.21. The van der Waals surface area contributed by atoms with Gasteiger partial charge in [0, 0.05) is 0 Å². The number of carbonyl (C=O) groups is 1. The van der Waals surface area contributed by atoms with E-state index in [-0.39, 0.29) is 0 Å². The Morgan fingerprint density at radius 3 is 1.17 bits per heavy atom. The van der Waals surface area contributed by atoms with Gasteiger partial charge >= 0.3 is 0 Å². The first-order chi connectivity index (χ1) is 26.5. The van der Waals surface area contributed by atoms with Gasteiger partial charge in [-0.2, -0.15) is 0 Å². The molecule has 5 N–H and O–H groups in total. The molecular weight excluding hydrogens is 671 g/mol. The van der Waals surface area contributed by atoms with Crippen molar-refractivity contribution in [2.45, 2.75) is 269 Å². The molecule has 0 rings (SSSR count). The second-order valence-corrected chi connectivity index (χ2v) is 16.4. The molecule has 1 amide bonds. The van der Waals surface area contributed by atoms with Crippen LogP contribution >= 0.6 is 0 Å². The first kappa shape index (κ1) is 52.8. The van der Waals surface area contributed by atoms with Crippen molar-refractivity contribution in [3.63, 3.8) is 0 Å². The Morgan fingerprint density at radius 1 is 0.444 bits per heavy atom. The van der Waals surface area contributed by atoms with Crippen molar-refractivity contribution < 1.29 is 25.2 Å². The molecule has 0 aromatic carbocycles. The predicted molar refractivity (Wildman–Crippen MR) is 233 cm³/mol. The van der Waals surface area contributed by atoms with Gasteiger partial charge in [-0.3, -0.25) is 4.79 Å². The summed E-state index contributed by atoms with van der Waals surface area (Å²) in [6, 6.07) is -1.00. The molecule has 0 heterocycles. The van der Waals surface area contributed by atoms with Gasteiger partial charge in [-0.25, -0.2) is 0 Å². The number of allylic oxidation sites excluding steroid dienone is 4. The minimum absolute atomic E-state index is 0.364. The molecule has 0 saturated heterocycles. The molecule has 6 heteroatoms. The molecule has 320 valence electrons. The summed E-state index contributed by atoms with van der Waals surface area (Å²) in [5.41, 5.74) is 0. The van der Waals surface area contributed by atoms with Gasteiger partial charge < -0.3 is 25.7 Å². The second-order valence-electron chi connectivity index (χ2n) is 16.4. The number of rotatable bonds is 43. The fourth-order valence-electron chi connectivity index (χ4n) is 7.36. The van der Waals surface area contributed by atoms with Crippen LogP contribution in [0.5, 0.6) is 0 Å². The SMILES string of the molecule is CCCCCCCCCC/C=C/CC/C=C/CCCC(O)C(O)C(CO)NC(=O)C(O)CCCCCCCCCCCCCCCCCCCCCCC. The molecule has 0 aliphatic carbocycles. The van der Waals surface area contributed by atoms with Gasteiger partial charge in [-0.05, 0) is 51.4 Å². The van der Waals surface area contributed by atoms with Crippen LogP contribution in [0, 0.1) is 0 Å². The average Bonchev–Trinajstić information content (AvgIpc) is 3.18. The van der Waals surface area contributed by atoms with Crippen molar-refractivity contribution in [3.05, 3.63) is 24.3 Å². The molecule has 0 fully saturated rings. The largest absolute Gasteiger partial charge is 0.394 e. The third kappa shape index (κ3) is 36.4. The number of hydrogen-bond acceptors (Lipinski definition) is 5. The molecular formula is C48H93NO5. The monoisotopic (exact) mass is 764 g/mol. The Kier molecular flexibility index (Phi) is 42.0. The lowest BCUT2D eigenvalue weighted by atomic mass is 10.00. The Morgan fingerprint density at radius 2 is 0.778 bits per heavy atom. The Balaban J connectivity index is 3.73. The molecule has 0 saturated carbocycles. The van der Waals surface area contributed by atoms with Crippen molar-refractivity contribution in [2.75, 3.05) is 6.61 Å². The number of carbonyl (C=O) groups excluding carboxylic acids is 1. The second kappa shape index (κ2) is 42.9. The summed E-state index contributed by atoms with van der Waals surface area (Å²) in [6.45, 7) is 4.05. The molecule has 54 heavy (non-hydrogen) atoms. The van der Waals surface area contributed by atoms with Crippen LogP contribution < -0.4 is 5.32 Å². The number of nitrogens with one attached hydrogen (secondary N) is 1. The van der Waals surface area contributed by atoms with Gasteiger partial charge in [0.05, 0.1) is 18.8 Å². The van der Waals surface area contributed by atoms with E-state index in [1.807, 2.05) is 0 Å². The van der Waals surface area contributed by atoms with E-state index in [9.17, 15) is 25.2 Å². The van der Waals surface area contributed by atoms with Gasteiger partial charge in [-0.1, -0.05) is 218 Å². The van der Waals surface area contributed by atoms with E-state index in [1.165, 1.54) is 173 Å². The summed E-state index contributed by atoms with van der Waals surface area (Å²) in [6.07, 6.45) is 49.3. The molecule has 0 radical (unpaired) electrons. The van der Waals surface area contributed by atoms with Crippen LogP contribution in [0.3, 0.4) is 0 Å². The maximum Gasteiger partial charge on any atom is 0.249 e. The molecule has 0 aromatic heterocycles.